The molecular weight excluding hydrogens is 316 g/mol. The van der Waals surface area contributed by atoms with Crippen molar-refractivity contribution in [2.45, 2.75) is 16.3 Å². The Morgan fingerprint density at radius 2 is 1.83 bits per heavy atom. The van der Waals surface area contributed by atoms with Gasteiger partial charge in [-0.2, -0.15) is 0 Å². The molecule has 1 aromatic rings. The molecule has 0 radical (unpaired) electrons. The van der Waals surface area contributed by atoms with Crippen LogP contribution in [0.1, 0.15) is 18.1 Å². The van der Waals surface area contributed by atoms with Gasteiger partial charge in [0.1, 0.15) is 6.10 Å². The second kappa shape index (κ2) is 5.30. The van der Waals surface area contributed by atoms with Crippen LogP contribution in [-0.4, -0.2) is 9.69 Å². The molecule has 0 amide bonds. The molecule has 6 heteroatoms. The molecule has 1 aromatic carbocycles. The van der Waals surface area contributed by atoms with Crippen LogP contribution in [0.4, 0.5) is 0 Å². The fraction of sp³-hybridized carbons (Fsp3) is 0.250. The van der Waals surface area contributed by atoms with Gasteiger partial charge in [0.25, 0.3) is 3.79 Å². The highest BCUT2D eigenvalue weighted by molar-refractivity contribution is 6.76. The molecule has 1 aliphatic heterocycles. The van der Waals surface area contributed by atoms with E-state index in [1.54, 1.807) is 12.1 Å². The molecule has 1 atom stereocenters. The maximum Gasteiger partial charge on any atom is 0.266 e. The Labute approximate surface area is 125 Å². The molecule has 0 aromatic heterocycles. The second-order valence-electron chi connectivity index (χ2n) is 3.84. The van der Waals surface area contributed by atoms with E-state index in [-0.39, 0.29) is 12.0 Å². The van der Waals surface area contributed by atoms with E-state index in [1.165, 1.54) is 0 Å². The van der Waals surface area contributed by atoms with Crippen LogP contribution in [0.2, 0.25) is 5.02 Å². The molecule has 2 rings (SSSR count). The third kappa shape index (κ3) is 3.33. The van der Waals surface area contributed by atoms with E-state index in [4.69, 9.17) is 51.1 Å². The van der Waals surface area contributed by atoms with Gasteiger partial charge in [-0.15, -0.1) is 0 Å². The predicted octanol–water partition coefficient (Wildman–Crippen LogP) is 5.08. The van der Waals surface area contributed by atoms with Gasteiger partial charge in [-0.25, -0.2) is 4.99 Å². The Morgan fingerprint density at radius 3 is 2.39 bits per heavy atom. The largest absolute Gasteiger partial charge is 0.469 e. The summed E-state index contributed by atoms with van der Waals surface area (Å²) in [7, 11) is 0. The average molecular weight is 325 g/mol. The van der Waals surface area contributed by atoms with Crippen LogP contribution >= 0.6 is 46.4 Å². The summed E-state index contributed by atoms with van der Waals surface area (Å²) in [4.78, 5) is 4.02. The summed E-state index contributed by atoms with van der Waals surface area (Å²) in [5.41, 5.74) is 1.55. The molecule has 0 saturated heterocycles. The first kappa shape index (κ1) is 14.0. The van der Waals surface area contributed by atoms with Crippen molar-refractivity contribution in [2.75, 3.05) is 0 Å². The van der Waals surface area contributed by atoms with Gasteiger partial charge in [-0.1, -0.05) is 65.1 Å². The highest BCUT2D eigenvalue weighted by Crippen LogP contribution is 2.37. The minimum Gasteiger partial charge on any atom is -0.469 e. The lowest BCUT2D eigenvalue weighted by molar-refractivity contribution is 0.176. The monoisotopic (exact) mass is 323 g/mol. The van der Waals surface area contributed by atoms with Crippen molar-refractivity contribution >= 4 is 52.3 Å². The van der Waals surface area contributed by atoms with Crippen molar-refractivity contribution in [2.24, 2.45) is 4.99 Å². The molecular formula is C12H9Cl4NO. The van der Waals surface area contributed by atoms with Gasteiger partial charge in [0.05, 0.1) is 0 Å². The van der Waals surface area contributed by atoms with E-state index >= 15 is 0 Å². The maximum atomic E-state index is 5.84. The molecule has 18 heavy (non-hydrogen) atoms. The molecule has 0 spiro atoms. The van der Waals surface area contributed by atoms with Crippen molar-refractivity contribution in [3.63, 3.8) is 0 Å². The predicted molar refractivity (Wildman–Crippen MR) is 76.8 cm³/mol. The normalized spacial score (nSPS) is 20.3. The molecule has 0 bridgehead atoms. The van der Waals surface area contributed by atoms with E-state index in [9.17, 15) is 0 Å². The summed E-state index contributed by atoms with van der Waals surface area (Å²) in [5, 5.41) is 0.656. The third-order valence-electron chi connectivity index (χ3n) is 2.42. The summed E-state index contributed by atoms with van der Waals surface area (Å²) in [6.07, 6.45) is 0.282. The standard InChI is InChI=1S/C12H9Cl4NO/c1-7-6-10(8-2-4-9(13)5-3-8)18-11(17-7)12(14,15)16/h2-5,10H,1,6H2. The fourth-order valence-corrected chi connectivity index (χ4v) is 1.99. The van der Waals surface area contributed by atoms with Gasteiger partial charge < -0.3 is 4.74 Å². The molecule has 2 nitrogen and oxygen atoms in total. The Balaban J connectivity index is 2.25. The van der Waals surface area contributed by atoms with Crippen molar-refractivity contribution in [3.8, 4) is 0 Å². The third-order valence-corrected chi connectivity index (χ3v) is 3.16. The second-order valence-corrected chi connectivity index (χ2v) is 6.56. The Morgan fingerprint density at radius 1 is 1.22 bits per heavy atom. The summed E-state index contributed by atoms with van der Waals surface area (Å²) in [6, 6.07) is 7.29. The van der Waals surface area contributed by atoms with Crippen LogP contribution in [0.3, 0.4) is 0 Å². The number of benzene rings is 1. The molecule has 0 fully saturated rings. The number of halogens is 4. The van der Waals surface area contributed by atoms with Crippen molar-refractivity contribution in [3.05, 3.63) is 47.1 Å². The van der Waals surface area contributed by atoms with Gasteiger partial charge in [-0.3, -0.25) is 0 Å². The van der Waals surface area contributed by atoms with Crippen molar-refractivity contribution in [1.29, 1.82) is 0 Å². The van der Waals surface area contributed by atoms with Crippen LogP contribution in [0.15, 0.2) is 41.5 Å². The molecule has 1 aliphatic rings. The van der Waals surface area contributed by atoms with E-state index < -0.39 is 3.79 Å². The van der Waals surface area contributed by atoms with Gasteiger partial charge >= 0.3 is 0 Å². The number of rotatable bonds is 1. The van der Waals surface area contributed by atoms with Gasteiger partial charge in [0.2, 0.25) is 5.90 Å². The zero-order chi connectivity index (χ0) is 13.3. The minimum absolute atomic E-state index is 0.0451. The number of hydrogen-bond acceptors (Lipinski definition) is 2. The Hall–Kier alpha value is -0.410. The molecule has 0 saturated carbocycles. The summed E-state index contributed by atoms with van der Waals surface area (Å²) in [6.45, 7) is 3.80. The highest BCUT2D eigenvalue weighted by Gasteiger charge is 2.35. The van der Waals surface area contributed by atoms with Crippen LogP contribution in [0, 0.1) is 0 Å². The SMILES string of the molecule is C=C1CC(c2ccc(Cl)cc2)OC(C(Cl)(Cl)Cl)=N1. The maximum absolute atomic E-state index is 5.84. The summed E-state index contributed by atoms with van der Waals surface area (Å²) >= 11 is 23.1. The zero-order valence-electron chi connectivity index (χ0n) is 9.17. The topological polar surface area (TPSA) is 21.6 Å². The fourth-order valence-electron chi connectivity index (χ4n) is 1.60. The number of alkyl halides is 3. The van der Waals surface area contributed by atoms with Crippen LogP contribution in [-0.2, 0) is 4.74 Å². The summed E-state index contributed by atoms with van der Waals surface area (Å²) in [5.74, 6) is 0.0451. The molecule has 0 N–H and O–H groups in total. The molecule has 96 valence electrons. The number of aliphatic imine (C=N–C) groups is 1. The number of ether oxygens (including phenoxy) is 1. The quantitative estimate of drug-likeness (QED) is 0.660. The first-order valence-electron chi connectivity index (χ1n) is 5.12. The van der Waals surface area contributed by atoms with E-state index in [0.29, 0.717) is 17.1 Å². The number of hydrogen-bond donors (Lipinski definition) is 0. The zero-order valence-corrected chi connectivity index (χ0v) is 12.2. The van der Waals surface area contributed by atoms with E-state index in [0.717, 1.165) is 5.56 Å². The Kier molecular flexibility index (Phi) is 4.12. The summed E-state index contributed by atoms with van der Waals surface area (Å²) < 4.78 is 3.91. The molecule has 1 heterocycles. The van der Waals surface area contributed by atoms with Gasteiger partial charge in [0, 0.05) is 17.1 Å². The first-order valence-corrected chi connectivity index (χ1v) is 6.63. The van der Waals surface area contributed by atoms with Crippen molar-refractivity contribution in [1.82, 2.24) is 0 Å². The lowest BCUT2D eigenvalue weighted by Crippen LogP contribution is -2.28. The van der Waals surface area contributed by atoms with Gasteiger partial charge in [0.15, 0.2) is 0 Å². The average Bonchev–Trinajstić information content (AvgIpc) is 2.28. The lowest BCUT2D eigenvalue weighted by Gasteiger charge is -2.27. The number of nitrogens with zero attached hydrogens (tertiary/aromatic N) is 1. The first-order chi connectivity index (χ1) is 8.36. The van der Waals surface area contributed by atoms with Crippen LogP contribution in [0.5, 0.6) is 0 Å². The van der Waals surface area contributed by atoms with Gasteiger partial charge in [-0.05, 0) is 17.7 Å². The van der Waals surface area contributed by atoms with Crippen LogP contribution in [0.25, 0.3) is 0 Å². The Bertz CT molecular complexity index is 490. The molecule has 0 aliphatic carbocycles. The smallest absolute Gasteiger partial charge is 0.266 e. The van der Waals surface area contributed by atoms with E-state index in [2.05, 4.69) is 11.6 Å². The lowest BCUT2D eigenvalue weighted by atomic mass is 10.0. The molecule has 1 unspecified atom stereocenters. The van der Waals surface area contributed by atoms with Crippen molar-refractivity contribution < 1.29 is 4.74 Å². The van der Waals surface area contributed by atoms with E-state index in [1.807, 2.05) is 12.1 Å². The van der Waals surface area contributed by atoms with Crippen LogP contribution < -0.4 is 0 Å². The highest BCUT2D eigenvalue weighted by atomic mass is 35.6. The minimum atomic E-state index is -1.69.